The molecule has 0 radical (unpaired) electrons. The lowest BCUT2D eigenvalue weighted by Gasteiger charge is -2.17. The van der Waals surface area contributed by atoms with E-state index in [1.165, 1.54) is 0 Å². The van der Waals surface area contributed by atoms with Gasteiger partial charge < -0.3 is 5.32 Å². The first-order valence-corrected chi connectivity index (χ1v) is 3.04. The molecule has 0 aromatic heterocycles. The van der Waals surface area contributed by atoms with Gasteiger partial charge in [-0.05, 0) is 6.92 Å². The largest absolute Gasteiger partial charge is 0.313 e. The second kappa shape index (κ2) is 3.85. The van der Waals surface area contributed by atoms with E-state index in [0.29, 0.717) is 11.8 Å². The summed E-state index contributed by atoms with van der Waals surface area (Å²) in [5, 5.41) is 3.19. The van der Waals surface area contributed by atoms with Gasteiger partial charge in [0.15, 0.2) is 0 Å². The topological polar surface area (TPSA) is 29.1 Å². The lowest BCUT2D eigenvalue weighted by molar-refractivity contribution is -0.120. The van der Waals surface area contributed by atoms with E-state index in [-0.39, 0.29) is 12.4 Å². The van der Waals surface area contributed by atoms with Gasteiger partial charge in [0.25, 0.3) is 0 Å². The third kappa shape index (κ3) is 2.82. The number of ketones is 1. The SMILES string of the molecule is CC1CC(=O)CCN1.Cl. The maximum atomic E-state index is 10.6. The minimum Gasteiger partial charge on any atom is -0.313 e. The first-order chi connectivity index (χ1) is 3.79. The van der Waals surface area contributed by atoms with Crippen molar-refractivity contribution in [2.45, 2.75) is 25.8 Å². The van der Waals surface area contributed by atoms with Crippen LogP contribution in [0.5, 0.6) is 0 Å². The molecule has 1 fully saturated rings. The summed E-state index contributed by atoms with van der Waals surface area (Å²) in [7, 11) is 0. The Morgan fingerprint density at radius 1 is 1.67 bits per heavy atom. The van der Waals surface area contributed by atoms with Crippen LogP contribution in [0.15, 0.2) is 0 Å². The van der Waals surface area contributed by atoms with Crippen LogP contribution in [0.2, 0.25) is 0 Å². The summed E-state index contributed by atoms with van der Waals surface area (Å²) in [6.07, 6.45) is 1.45. The van der Waals surface area contributed by atoms with E-state index in [1.54, 1.807) is 0 Å². The number of rotatable bonds is 0. The standard InChI is InChI=1S/C6H11NO.ClH/c1-5-4-6(8)2-3-7-5;/h5,7H,2-4H2,1H3;1H. The Morgan fingerprint density at radius 3 is 2.67 bits per heavy atom. The van der Waals surface area contributed by atoms with Crippen molar-refractivity contribution in [1.82, 2.24) is 5.32 Å². The molecule has 0 spiro atoms. The van der Waals surface area contributed by atoms with Gasteiger partial charge in [0, 0.05) is 25.4 Å². The van der Waals surface area contributed by atoms with Gasteiger partial charge in [-0.25, -0.2) is 0 Å². The van der Waals surface area contributed by atoms with E-state index < -0.39 is 0 Å². The van der Waals surface area contributed by atoms with Crippen LogP contribution < -0.4 is 5.32 Å². The monoisotopic (exact) mass is 149 g/mol. The highest BCUT2D eigenvalue weighted by Crippen LogP contribution is 2.00. The third-order valence-corrected chi connectivity index (χ3v) is 1.43. The van der Waals surface area contributed by atoms with Crippen molar-refractivity contribution in [3.05, 3.63) is 0 Å². The first kappa shape index (κ1) is 8.92. The van der Waals surface area contributed by atoms with Crippen LogP contribution >= 0.6 is 12.4 Å². The smallest absolute Gasteiger partial charge is 0.135 e. The Morgan fingerprint density at radius 2 is 2.33 bits per heavy atom. The van der Waals surface area contributed by atoms with Crippen LogP contribution in [-0.4, -0.2) is 18.4 Å². The molecule has 9 heavy (non-hydrogen) atoms. The van der Waals surface area contributed by atoms with Gasteiger partial charge in [-0.3, -0.25) is 4.79 Å². The van der Waals surface area contributed by atoms with Crippen molar-refractivity contribution < 1.29 is 4.79 Å². The van der Waals surface area contributed by atoms with Gasteiger partial charge in [0.1, 0.15) is 5.78 Å². The maximum absolute atomic E-state index is 10.6. The third-order valence-electron chi connectivity index (χ3n) is 1.43. The maximum Gasteiger partial charge on any atom is 0.135 e. The molecule has 0 bridgehead atoms. The Balaban J connectivity index is 0.000000640. The number of hydrogen-bond acceptors (Lipinski definition) is 2. The van der Waals surface area contributed by atoms with Crippen LogP contribution in [0.1, 0.15) is 19.8 Å². The number of halogens is 1. The van der Waals surface area contributed by atoms with Crippen molar-refractivity contribution in [1.29, 1.82) is 0 Å². The van der Waals surface area contributed by atoms with Crippen LogP contribution in [0.4, 0.5) is 0 Å². The molecule has 1 heterocycles. The van der Waals surface area contributed by atoms with Crippen molar-refractivity contribution in [2.75, 3.05) is 6.54 Å². The minimum atomic E-state index is 0. The molecule has 0 aromatic rings. The fourth-order valence-corrected chi connectivity index (χ4v) is 0.974. The lowest BCUT2D eigenvalue weighted by atomic mass is 10.1. The Hall–Kier alpha value is -0.0800. The quantitative estimate of drug-likeness (QED) is 0.551. The fourth-order valence-electron chi connectivity index (χ4n) is 0.974. The number of Topliss-reactive ketones (excluding diaryl/α,β-unsaturated/α-hetero) is 1. The number of hydrogen-bond donors (Lipinski definition) is 1. The van der Waals surface area contributed by atoms with Crippen LogP contribution in [-0.2, 0) is 4.79 Å². The van der Waals surface area contributed by atoms with E-state index in [0.717, 1.165) is 19.4 Å². The molecule has 1 saturated heterocycles. The van der Waals surface area contributed by atoms with E-state index in [2.05, 4.69) is 5.32 Å². The summed E-state index contributed by atoms with van der Waals surface area (Å²) in [6, 6.07) is 0.413. The van der Waals surface area contributed by atoms with Crippen molar-refractivity contribution in [3.8, 4) is 0 Å². The predicted molar refractivity (Wildman–Crippen MR) is 39.0 cm³/mol. The summed E-state index contributed by atoms with van der Waals surface area (Å²) in [5.41, 5.74) is 0. The number of carbonyl (C=O) groups excluding carboxylic acids is 1. The summed E-state index contributed by atoms with van der Waals surface area (Å²) in [5.74, 6) is 0.399. The summed E-state index contributed by atoms with van der Waals surface area (Å²) >= 11 is 0. The molecular formula is C6H12ClNO. The number of carbonyl (C=O) groups is 1. The summed E-state index contributed by atoms with van der Waals surface area (Å²) < 4.78 is 0. The van der Waals surface area contributed by atoms with Gasteiger partial charge in [-0.1, -0.05) is 0 Å². The zero-order valence-electron chi connectivity index (χ0n) is 5.52. The molecular weight excluding hydrogens is 138 g/mol. The number of nitrogens with one attached hydrogen (secondary N) is 1. The van der Waals surface area contributed by atoms with Crippen molar-refractivity contribution in [3.63, 3.8) is 0 Å². The summed E-state index contributed by atoms with van der Waals surface area (Å²) in [4.78, 5) is 10.6. The molecule has 1 N–H and O–H groups in total. The predicted octanol–water partition coefficient (Wildman–Crippen LogP) is 0.749. The first-order valence-electron chi connectivity index (χ1n) is 3.04. The molecule has 0 aromatic carbocycles. The molecule has 1 atom stereocenters. The van der Waals surface area contributed by atoms with Gasteiger partial charge >= 0.3 is 0 Å². The lowest BCUT2D eigenvalue weighted by Crippen LogP contribution is -2.35. The Labute approximate surface area is 61.4 Å². The van der Waals surface area contributed by atoms with Gasteiger partial charge in [-0.2, -0.15) is 0 Å². The average Bonchev–Trinajstić information content (AvgIpc) is 1.64. The van der Waals surface area contributed by atoms with E-state index in [1.807, 2.05) is 6.92 Å². The normalized spacial score (nSPS) is 27.2. The molecule has 1 unspecified atom stereocenters. The number of piperidine rings is 1. The van der Waals surface area contributed by atoms with Gasteiger partial charge in [0.05, 0.1) is 0 Å². The van der Waals surface area contributed by atoms with Crippen molar-refractivity contribution in [2.24, 2.45) is 0 Å². The zero-order chi connectivity index (χ0) is 5.98. The van der Waals surface area contributed by atoms with E-state index in [9.17, 15) is 4.79 Å². The highest BCUT2D eigenvalue weighted by Gasteiger charge is 2.13. The molecule has 1 aliphatic rings. The molecule has 0 saturated carbocycles. The molecule has 2 nitrogen and oxygen atoms in total. The molecule has 1 aliphatic heterocycles. The highest BCUT2D eigenvalue weighted by atomic mass is 35.5. The van der Waals surface area contributed by atoms with Gasteiger partial charge in [-0.15, -0.1) is 12.4 Å². The highest BCUT2D eigenvalue weighted by molar-refractivity contribution is 5.85. The molecule has 0 amide bonds. The second-order valence-electron chi connectivity index (χ2n) is 2.35. The Kier molecular flexibility index (Phi) is 3.82. The molecule has 0 aliphatic carbocycles. The van der Waals surface area contributed by atoms with E-state index >= 15 is 0 Å². The fraction of sp³-hybridized carbons (Fsp3) is 0.833. The van der Waals surface area contributed by atoms with Crippen molar-refractivity contribution >= 4 is 18.2 Å². The van der Waals surface area contributed by atoms with Crippen LogP contribution in [0, 0.1) is 0 Å². The second-order valence-corrected chi connectivity index (χ2v) is 2.35. The van der Waals surface area contributed by atoms with Crippen LogP contribution in [0.25, 0.3) is 0 Å². The molecule has 1 rings (SSSR count). The zero-order valence-corrected chi connectivity index (χ0v) is 6.33. The molecule has 54 valence electrons. The summed E-state index contributed by atoms with van der Waals surface area (Å²) in [6.45, 7) is 2.91. The van der Waals surface area contributed by atoms with Crippen LogP contribution in [0.3, 0.4) is 0 Å². The Bertz CT molecular complexity index is 105. The minimum absolute atomic E-state index is 0. The van der Waals surface area contributed by atoms with Gasteiger partial charge in [0.2, 0.25) is 0 Å². The average molecular weight is 150 g/mol. The molecule has 3 heteroatoms. The van der Waals surface area contributed by atoms with E-state index in [4.69, 9.17) is 0 Å².